The van der Waals surface area contributed by atoms with Gasteiger partial charge in [0.25, 0.3) is 5.91 Å². The van der Waals surface area contributed by atoms with Gasteiger partial charge in [0, 0.05) is 17.3 Å². The monoisotopic (exact) mass is 349 g/mol. The van der Waals surface area contributed by atoms with Gasteiger partial charge in [-0.1, -0.05) is 0 Å². The number of nitrogens with zero attached hydrogens (tertiary/aromatic N) is 2. The highest BCUT2D eigenvalue weighted by Crippen LogP contribution is 2.31. The smallest absolute Gasteiger partial charge is 0.250 e. The van der Waals surface area contributed by atoms with E-state index in [2.05, 4.69) is 15.3 Å². The first-order valence-electron chi connectivity index (χ1n) is 6.53. The van der Waals surface area contributed by atoms with Crippen molar-refractivity contribution in [1.82, 2.24) is 10.3 Å². The summed E-state index contributed by atoms with van der Waals surface area (Å²) in [5.74, 6) is -0.883. The molecule has 0 fully saturated rings. The first-order valence-corrected chi connectivity index (χ1v) is 8.48. The van der Waals surface area contributed by atoms with Crippen molar-refractivity contribution in [1.29, 1.82) is 0 Å². The quantitative estimate of drug-likeness (QED) is 0.782. The molecule has 0 aliphatic carbocycles. The maximum absolute atomic E-state index is 12.9. The lowest BCUT2D eigenvalue weighted by Crippen LogP contribution is -2.49. The number of benzene rings is 1. The molecule has 9 heteroatoms. The SMILES string of the molecule is CC1=NC(=S)NC(=O)[C@@H]1S(=O)(=O)c1ccc(O)c2ncccc12. The van der Waals surface area contributed by atoms with E-state index in [-0.39, 0.29) is 32.4 Å². The molecule has 118 valence electrons. The number of phenolic OH excluding ortho intramolecular Hbond substituents is 1. The number of amides is 1. The Kier molecular flexibility index (Phi) is 3.61. The van der Waals surface area contributed by atoms with Crippen molar-refractivity contribution in [2.75, 3.05) is 0 Å². The molecule has 2 heterocycles. The van der Waals surface area contributed by atoms with Gasteiger partial charge in [0.15, 0.2) is 20.2 Å². The van der Waals surface area contributed by atoms with Gasteiger partial charge in [-0.05, 0) is 43.4 Å². The Hall–Kier alpha value is -2.39. The van der Waals surface area contributed by atoms with Crippen LogP contribution in [-0.2, 0) is 14.6 Å². The number of thiocarbonyl (C=S) groups is 1. The second-order valence-electron chi connectivity index (χ2n) is 4.96. The lowest BCUT2D eigenvalue weighted by molar-refractivity contribution is -0.118. The molecule has 0 saturated heterocycles. The minimum absolute atomic E-state index is 0.0591. The van der Waals surface area contributed by atoms with Crippen molar-refractivity contribution in [3.63, 3.8) is 0 Å². The molecular weight excluding hydrogens is 338 g/mol. The van der Waals surface area contributed by atoms with Crippen LogP contribution in [0.25, 0.3) is 10.9 Å². The van der Waals surface area contributed by atoms with Crippen LogP contribution in [0, 0.1) is 0 Å². The number of phenols is 1. The van der Waals surface area contributed by atoms with Gasteiger partial charge in [0.2, 0.25) is 0 Å². The number of aromatic hydroxyl groups is 1. The number of rotatable bonds is 2. The maximum Gasteiger partial charge on any atom is 0.250 e. The summed E-state index contributed by atoms with van der Waals surface area (Å²) in [6.07, 6.45) is 1.44. The third-order valence-electron chi connectivity index (χ3n) is 3.45. The average Bonchev–Trinajstić information content (AvgIpc) is 2.46. The highest BCUT2D eigenvalue weighted by Gasteiger charge is 2.40. The Labute approximate surface area is 137 Å². The van der Waals surface area contributed by atoms with E-state index in [1.165, 1.54) is 31.3 Å². The summed E-state index contributed by atoms with van der Waals surface area (Å²) >= 11 is 4.79. The molecule has 1 aliphatic rings. The zero-order valence-corrected chi connectivity index (χ0v) is 13.5. The first kappa shape index (κ1) is 15.5. The molecular formula is C14H11N3O4S2. The van der Waals surface area contributed by atoms with Gasteiger partial charge in [-0.3, -0.25) is 15.1 Å². The molecule has 1 aromatic heterocycles. The van der Waals surface area contributed by atoms with Crippen LogP contribution in [0.4, 0.5) is 0 Å². The number of fused-ring (bicyclic) bond motifs is 1. The minimum Gasteiger partial charge on any atom is -0.506 e. The standard InChI is InChI=1S/C14H11N3O4S2/c1-7-12(13(19)17-14(22)16-7)23(20,21)10-5-4-9(18)11-8(10)3-2-6-15-11/h2-6,12,18H,1H3,(H,17,19,22)/t12-/m1/s1. The van der Waals surface area contributed by atoms with Crippen LogP contribution < -0.4 is 5.32 Å². The van der Waals surface area contributed by atoms with E-state index in [9.17, 15) is 18.3 Å². The number of aromatic nitrogens is 1. The molecule has 3 rings (SSSR count). The minimum atomic E-state index is -4.08. The van der Waals surface area contributed by atoms with Crippen molar-refractivity contribution in [3.8, 4) is 5.75 Å². The van der Waals surface area contributed by atoms with E-state index < -0.39 is 21.0 Å². The van der Waals surface area contributed by atoms with Crippen LogP contribution >= 0.6 is 12.2 Å². The summed E-state index contributed by atoms with van der Waals surface area (Å²) < 4.78 is 25.9. The summed E-state index contributed by atoms with van der Waals surface area (Å²) in [7, 11) is -4.08. The summed E-state index contributed by atoms with van der Waals surface area (Å²) in [5.41, 5.74) is 0.249. The third kappa shape index (κ3) is 2.47. The van der Waals surface area contributed by atoms with Crippen molar-refractivity contribution in [3.05, 3.63) is 30.5 Å². The van der Waals surface area contributed by atoms with Crippen LogP contribution in [-0.4, -0.2) is 40.5 Å². The van der Waals surface area contributed by atoms with Gasteiger partial charge in [-0.2, -0.15) is 0 Å². The van der Waals surface area contributed by atoms with E-state index in [0.29, 0.717) is 0 Å². The molecule has 23 heavy (non-hydrogen) atoms. The molecule has 0 saturated carbocycles. The average molecular weight is 349 g/mol. The van der Waals surface area contributed by atoms with Crippen LogP contribution in [0.5, 0.6) is 5.75 Å². The number of carbonyl (C=O) groups excluding carboxylic acids is 1. The van der Waals surface area contributed by atoms with Crippen molar-refractivity contribution in [2.24, 2.45) is 4.99 Å². The fraction of sp³-hybridized carbons (Fsp3) is 0.143. The van der Waals surface area contributed by atoms with E-state index in [0.717, 1.165) is 0 Å². The largest absolute Gasteiger partial charge is 0.506 e. The fourth-order valence-corrected chi connectivity index (χ4v) is 4.55. The predicted molar refractivity (Wildman–Crippen MR) is 88.2 cm³/mol. The Morgan fingerprint density at radius 2 is 2.04 bits per heavy atom. The van der Waals surface area contributed by atoms with Gasteiger partial charge in [-0.25, -0.2) is 13.4 Å². The van der Waals surface area contributed by atoms with Crippen molar-refractivity contribution in [2.45, 2.75) is 17.1 Å². The molecule has 0 radical (unpaired) electrons. The Morgan fingerprint density at radius 3 is 2.74 bits per heavy atom. The van der Waals surface area contributed by atoms with Gasteiger partial charge in [-0.15, -0.1) is 0 Å². The Balaban J connectivity index is 2.26. The van der Waals surface area contributed by atoms with Crippen molar-refractivity contribution >= 4 is 49.7 Å². The number of sulfone groups is 1. The zero-order valence-electron chi connectivity index (χ0n) is 11.8. The maximum atomic E-state index is 12.9. The molecule has 1 atom stereocenters. The highest BCUT2D eigenvalue weighted by molar-refractivity contribution is 7.94. The molecule has 1 aromatic carbocycles. The topological polar surface area (TPSA) is 109 Å². The molecule has 0 spiro atoms. The zero-order chi connectivity index (χ0) is 16.8. The lowest BCUT2D eigenvalue weighted by Gasteiger charge is -2.21. The van der Waals surface area contributed by atoms with Crippen molar-refractivity contribution < 1.29 is 18.3 Å². The normalized spacial score (nSPS) is 18.7. The number of nitrogens with one attached hydrogen (secondary N) is 1. The van der Waals surface area contributed by atoms with Gasteiger partial charge in [0.05, 0.1) is 4.90 Å². The van der Waals surface area contributed by atoms with E-state index in [1.54, 1.807) is 6.07 Å². The summed E-state index contributed by atoms with van der Waals surface area (Å²) in [6, 6.07) is 5.56. The van der Waals surface area contributed by atoms with Crippen LogP contribution in [0.2, 0.25) is 0 Å². The molecule has 0 unspecified atom stereocenters. The second-order valence-corrected chi connectivity index (χ2v) is 7.34. The molecule has 2 N–H and O–H groups in total. The lowest BCUT2D eigenvalue weighted by atomic mass is 10.2. The highest BCUT2D eigenvalue weighted by atomic mass is 32.2. The van der Waals surface area contributed by atoms with E-state index in [4.69, 9.17) is 12.2 Å². The van der Waals surface area contributed by atoms with E-state index >= 15 is 0 Å². The number of hydrogen-bond acceptors (Lipinski definition) is 6. The number of hydrogen-bond donors (Lipinski definition) is 2. The van der Waals surface area contributed by atoms with Crippen LogP contribution in [0.3, 0.4) is 0 Å². The molecule has 0 bridgehead atoms. The summed E-state index contributed by atoms with van der Waals surface area (Å²) in [6.45, 7) is 1.44. The molecule has 1 aliphatic heterocycles. The number of pyridine rings is 1. The van der Waals surface area contributed by atoms with Crippen LogP contribution in [0.15, 0.2) is 40.4 Å². The summed E-state index contributed by atoms with van der Waals surface area (Å²) in [5, 5.41) is 10.8. The second kappa shape index (κ2) is 5.36. The molecule has 7 nitrogen and oxygen atoms in total. The molecule has 1 amide bonds. The Bertz CT molecular complexity index is 983. The third-order valence-corrected chi connectivity index (χ3v) is 5.79. The van der Waals surface area contributed by atoms with E-state index in [1.807, 2.05) is 0 Å². The predicted octanol–water partition coefficient (Wildman–Crippen LogP) is 0.958. The number of aliphatic imine (C=N–C) groups is 1. The van der Waals surface area contributed by atoms with Gasteiger partial charge in [0.1, 0.15) is 11.3 Å². The van der Waals surface area contributed by atoms with Crippen LogP contribution in [0.1, 0.15) is 6.92 Å². The fourth-order valence-electron chi connectivity index (χ4n) is 2.48. The van der Waals surface area contributed by atoms with Gasteiger partial charge < -0.3 is 5.11 Å². The number of carbonyl (C=O) groups is 1. The van der Waals surface area contributed by atoms with Gasteiger partial charge >= 0.3 is 0 Å². The first-order chi connectivity index (χ1) is 10.8. The molecule has 2 aromatic rings. The summed E-state index contributed by atoms with van der Waals surface area (Å²) in [4.78, 5) is 19.9. The Morgan fingerprint density at radius 1 is 1.30 bits per heavy atom.